The quantitative estimate of drug-likeness (QED) is 0.827. The zero-order chi connectivity index (χ0) is 12.3. The standard InChI is InChI=1S/C11H18N2O2S2/c1-2-17(14,15)13-6-4-12(5-7-13)9-11-3-8-16-10-11/h3,8,10H,2,4-7,9H2,1H3/p+1. The number of hydrogen-bond acceptors (Lipinski definition) is 3. The maximum atomic E-state index is 11.7. The van der Waals surface area contributed by atoms with E-state index in [2.05, 4.69) is 16.8 Å². The van der Waals surface area contributed by atoms with Crippen LogP contribution in [-0.4, -0.2) is 44.7 Å². The largest absolute Gasteiger partial charge is 0.329 e. The van der Waals surface area contributed by atoms with Crippen LogP contribution in [0.4, 0.5) is 0 Å². The minimum Gasteiger partial charge on any atom is -0.329 e. The average molecular weight is 275 g/mol. The maximum Gasteiger partial charge on any atom is 0.214 e. The maximum absolute atomic E-state index is 11.7. The number of quaternary nitrogens is 1. The Kier molecular flexibility index (Phi) is 4.19. The number of nitrogens with one attached hydrogen (secondary N) is 1. The fourth-order valence-corrected chi connectivity index (χ4v) is 3.89. The minimum atomic E-state index is -2.98. The summed E-state index contributed by atoms with van der Waals surface area (Å²) in [4.78, 5) is 1.48. The van der Waals surface area contributed by atoms with Gasteiger partial charge in [-0.25, -0.2) is 8.42 Å². The lowest BCUT2D eigenvalue weighted by molar-refractivity contribution is -0.917. The van der Waals surface area contributed by atoms with Crippen molar-refractivity contribution >= 4 is 21.4 Å². The molecular weight excluding hydrogens is 256 g/mol. The van der Waals surface area contributed by atoms with Gasteiger partial charge in [0, 0.05) is 5.56 Å². The van der Waals surface area contributed by atoms with Crippen LogP contribution >= 0.6 is 11.3 Å². The van der Waals surface area contributed by atoms with E-state index < -0.39 is 10.0 Å². The third-order valence-corrected chi connectivity index (χ3v) is 5.84. The highest BCUT2D eigenvalue weighted by atomic mass is 32.2. The highest BCUT2D eigenvalue weighted by Crippen LogP contribution is 2.05. The first-order valence-electron chi connectivity index (χ1n) is 5.94. The Morgan fingerprint density at radius 3 is 2.65 bits per heavy atom. The summed E-state index contributed by atoms with van der Waals surface area (Å²) in [5.74, 6) is 0.215. The van der Waals surface area contributed by atoms with Crippen molar-refractivity contribution in [3.8, 4) is 0 Å². The highest BCUT2D eigenvalue weighted by Gasteiger charge is 2.27. The number of thiophene rings is 1. The van der Waals surface area contributed by atoms with Crippen LogP contribution in [0, 0.1) is 0 Å². The van der Waals surface area contributed by atoms with E-state index in [1.807, 2.05) is 0 Å². The van der Waals surface area contributed by atoms with E-state index in [4.69, 9.17) is 0 Å². The van der Waals surface area contributed by atoms with Crippen LogP contribution in [0.15, 0.2) is 16.8 Å². The smallest absolute Gasteiger partial charge is 0.214 e. The second-order valence-electron chi connectivity index (χ2n) is 4.36. The van der Waals surface area contributed by atoms with E-state index in [1.54, 1.807) is 22.6 Å². The Morgan fingerprint density at radius 2 is 2.12 bits per heavy atom. The number of piperazine rings is 1. The van der Waals surface area contributed by atoms with Crippen molar-refractivity contribution in [1.82, 2.24) is 4.31 Å². The van der Waals surface area contributed by atoms with Gasteiger partial charge in [-0.1, -0.05) is 0 Å². The zero-order valence-electron chi connectivity index (χ0n) is 10.1. The molecule has 0 atom stereocenters. The molecule has 1 aliphatic rings. The van der Waals surface area contributed by atoms with E-state index in [-0.39, 0.29) is 5.75 Å². The Bertz CT molecular complexity index is 434. The van der Waals surface area contributed by atoms with Gasteiger partial charge < -0.3 is 4.90 Å². The molecule has 2 rings (SSSR count). The fourth-order valence-electron chi connectivity index (χ4n) is 2.12. The van der Waals surface area contributed by atoms with Crippen molar-refractivity contribution in [2.24, 2.45) is 0 Å². The monoisotopic (exact) mass is 275 g/mol. The van der Waals surface area contributed by atoms with E-state index in [9.17, 15) is 8.42 Å². The van der Waals surface area contributed by atoms with Crippen molar-refractivity contribution < 1.29 is 13.3 Å². The molecule has 0 saturated carbocycles. The van der Waals surface area contributed by atoms with Crippen molar-refractivity contribution in [1.29, 1.82) is 0 Å². The molecular formula is C11H19N2O2S2+. The van der Waals surface area contributed by atoms with Gasteiger partial charge in [0.1, 0.15) is 6.54 Å². The lowest BCUT2D eigenvalue weighted by Crippen LogP contribution is -3.13. The first kappa shape index (κ1) is 13.0. The Balaban J connectivity index is 1.86. The van der Waals surface area contributed by atoms with E-state index in [1.165, 1.54) is 10.5 Å². The first-order valence-corrected chi connectivity index (χ1v) is 8.49. The second-order valence-corrected chi connectivity index (χ2v) is 7.40. The zero-order valence-corrected chi connectivity index (χ0v) is 11.7. The molecule has 1 aromatic rings. The summed E-state index contributed by atoms with van der Waals surface area (Å²) in [6.45, 7) is 5.87. The van der Waals surface area contributed by atoms with Gasteiger partial charge in [0.25, 0.3) is 0 Å². The van der Waals surface area contributed by atoms with Gasteiger partial charge in [-0.2, -0.15) is 15.6 Å². The van der Waals surface area contributed by atoms with Crippen LogP contribution in [0.1, 0.15) is 12.5 Å². The van der Waals surface area contributed by atoms with E-state index in [0.717, 1.165) is 19.6 Å². The molecule has 0 amide bonds. The number of sulfonamides is 1. The summed E-state index contributed by atoms with van der Waals surface area (Å²) in [6, 6.07) is 2.15. The van der Waals surface area contributed by atoms with Gasteiger partial charge in [0.15, 0.2) is 0 Å². The number of hydrogen-bond donors (Lipinski definition) is 1. The molecule has 0 spiro atoms. The number of rotatable bonds is 4. The van der Waals surface area contributed by atoms with Crippen molar-refractivity contribution in [3.63, 3.8) is 0 Å². The molecule has 2 heterocycles. The highest BCUT2D eigenvalue weighted by molar-refractivity contribution is 7.89. The minimum absolute atomic E-state index is 0.215. The van der Waals surface area contributed by atoms with E-state index in [0.29, 0.717) is 13.1 Å². The van der Waals surface area contributed by atoms with Gasteiger partial charge in [0.05, 0.1) is 31.9 Å². The average Bonchev–Trinajstić information content (AvgIpc) is 2.83. The third-order valence-electron chi connectivity index (χ3n) is 3.22. The van der Waals surface area contributed by atoms with Gasteiger partial charge in [-0.15, -0.1) is 0 Å². The molecule has 1 aliphatic heterocycles. The summed E-state index contributed by atoms with van der Waals surface area (Å²) >= 11 is 1.72. The van der Waals surface area contributed by atoms with Crippen molar-refractivity contribution in [3.05, 3.63) is 22.4 Å². The molecule has 0 bridgehead atoms. The van der Waals surface area contributed by atoms with E-state index >= 15 is 0 Å². The SMILES string of the molecule is CCS(=O)(=O)N1CC[NH+](Cc2ccsc2)CC1. The summed E-state index contributed by atoms with van der Waals surface area (Å²) in [6.07, 6.45) is 0. The molecule has 1 N–H and O–H groups in total. The normalized spacial score (nSPS) is 19.6. The summed E-state index contributed by atoms with van der Waals surface area (Å²) in [5, 5.41) is 4.26. The van der Waals surface area contributed by atoms with Gasteiger partial charge in [0.2, 0.25) is 10.0 Å². The molecule has 96 valence electrons. The molecule has 17 heavy (non-hydrogen) atoms. The van der Waals surface area contributed by atoms with Crippen LogP contribution in [-0.2, 0) is 16.6 Å². The molecule has 0 aromatic carbocycles. The Labute approximate surface area is 107 Å². The summed E-state index contributed by atoms with van der Waals surface area (Å²) < 4.78 is 25.0. The fraction of sp³-hybridized carbons (Fsp3) is 0.636. The first-order chi connectivity index (χ1) is 8.12. The molecule has 1 aromatic heterocycles. The Hall–Kier alpha value is -0.430. The van der Waals surface area contributed by atoms with Gasteiger partial charge >= 0.3 is 0 Å². The van der Waals surface area contributed by atoms with Crippen molar-refractivity contribution in [2.75, 3.05) is 31.9 Å². The van der Waals surface area contributed by atoms with Crippen molar-refractivity contribution in [2.45, 2.75) is 13.5 Å². The van der Waals surface area contributed by atoms with Crippen LogP contribution in [0.2, 0.25) is 0 Å². The second kappa shape index (κ2) is 5.48. The van der Waals surface area contributed by atoms with Crippen LogP contribution < -0.4 is 4.90 Å². The van der Waals surface area contributed by atoms with Crippen LogP contribution in [0.25, 0.3) is 0 Å². The predicted molar refractivity (Wildman–Crippen MR) is 69.8 cm³/mol. The molecule has 0 aliphatic carbocycles. The predicted octanol–water partition coefficient (Wildman–Crippen LogP) is -0.202. The molecule has 0 unspecified atom stereocenters. The Morgan fingerprint density at radius 1 is 1.41 bits per heavy atom. The summed E-state index contributed by atoms with van der Waals surface area (Å²) in [5.41, 5.74) is 1.36. The summed E-state index contributed by atoms with van der Waals surface area (Å²) in [7, 11) is -2.98. The lowest BCUT2D eigenvalue weighted by atomic mass is 10.3. The third kappa shape index (κ3) is 3.28. The number of nitrogens with zero attached hydrogens (tertiary/aromatic N) is 1. The lowest BCUT2D eigenvalue weighted by Gasteiger charge is -2.31. The molecule has 0 radical (unpaired) electrons. The van der Waals surface area contributed by atoms with Gasteiger partial charge in [-0.05, 0) is 23.8 Å². The van der Waals surface area contributed by atoms with Gasteiger partial charge in [-0.3, -0.25) is 0 Å². The van der Waals surface area contributed by atoms with Crippen LogP contribution in [0.5, 0.6) is 0 Å². The van der Waals surface area contributed by atoms with Crippen LogP contribution in [0.3, 0.4) is 0 Å². The molecule has 6 heteroatoms. The molecule has 4 nitrogen and oxygen atoms in total. The molecule has 1 saturated heterocycles. The topological polar surface area (TPSA) is 41.8 Å². The molecule has 1 fully saturated rings.